The molecule has 0 aliphatic heterocycles. The second-order valence-corrected chi connectivity index (χ2v) is 5.38. The highest BCUT2D eigenvalue weighted by Crippen LogP contribution is 2.27. The molecule has 0 aliphatic rings. The van der Waals surface area contributed by atoms with Crippen LogP contribution in [0.4, 0.5) is 0 Å². The van der Waals surface area contributed by atoms with E-state index in [0.29, 0.717) is 5.92 Å². The summed E-state index contributed by atoms with van der Waals surface area (Å²) in [6, 6.07) is 2.23. The van der Waals surface area contributed by atoms with Crippen LogP contribution >= 0.6 is 11.3 Å². The van der Waals surface area contributed by atoms with Gasteiger partial charge in [0.25, 0.3) is 4.83 Å². The first-order valence-electron chi connectivity index (χ1n) is 5.40. The molecule has 0 fully saturated rings. The van der Waals surface area contributed by atoms with Gasteiger partial charge in [-0.2, -0.15) is 4.57 Å². The van der Waals surface area contributed by atoms with Crippen LogP contribution in [0.2, 0.25) is 0 Å². The molecule has 0 unspecified atom stereocenters. The van der Waals surface area contributed by atoms with Gasteiger partial charge in [0.1, 0.15) is 7.05 Å². The molecule has 1 nitrogen and oxygen atoms in total. The van der Waals surface area contributed by atoms with Crippen LogP contribution in [-0.2, 0) is 7.05 Å². The predicted molar refractivity (Wildman–Crippen MR) is 66.6 cm³/mol. The van der Waals surface area contributed by atoms with Crippen molar-refractivity contribution in [2.45, 2.75) is 33.6 Å². The average molecular weight is 220 g/mol. The van der Waals surface area contributed by atoms with Crippen LogP contribution in [0.25, 0.3) is 10.2 Å². The number of aryl methyl sites for hydroxylation is 2. The number of pyridine rings is 1. The van der Waals surface area contributed by atoms with Gasteiger partial charge in [-0.3, -0.25) is 0 Å². The van der Waals surface area contributed by atoms with Gasteiger partial charge in [-0.1, -0.05) is 25.2 Å². The van der Waals surface area contributed by atoms with E-state index in [1.54, 1.807) is 0 Å². The van der Waals surface area contributed by atoms with E-state index in [1.165, 1.54) is 27.0 Å². The highest BCUT2D eigenvalue weighted by molar-refractivity contribution is 7.16. The number of hydrogen-bond donors (Lipinski definition) is 0. The summed E-state index contributed by atoms with van der Waals surface area (Å²) in [5, 5.41) is 3.59. The van der Waals surface area contributed by atoms with Crippen molar-refractivity contribution in [3.05, 3.63) is 28.3 Å². The maximum absolute atomic E-state index is 2.35. The van der Waals surface area contributed by atoms with Crippen LogP contribution in [0.1, 0.15) is 36.6 Å². The maximum atomic E-state index is 2.35. The van der Waals surface area contributed by atoms with Crippen LogP contribution in [0.5, 0.6) is 0 Å². The highest BCUT2D eigenvalue weighted by atomic mass is 32.1. The first-order chi connectivity index (χ1) is 7.04. The molecule has 0 spiro atoms. The first-order valence-corrected chi connectivity index (χ1v) is 6.28. The van der Waals surface area contributed by atoms with E-state index < -0.39 is 0 Å². The lowest BCUT2D eigenvalue weighted by molar-refractivity contribution is -0.652. The number of hydrogen-bond acceptors (Lipinski definition) is 1. The molecular weight excluding hydrogens is 202 g/mol. The summed E-state index contributed by atoms with van der Waals surface area (Å²) in [6.45, 7) is 9.00. The van der Waals surface area contributed by atoms with Crippen molar-refractivity contribution in [1.82, 2.24) is 0 Å². The van der Waals surface area contributed by atoms with E-state index >= 15 is 0 Å². The third-order valence-electron chi connectivity index (χ3n) is 3.21. The molecule has 2 heteroatoms. The van der Waals surface area contributed by atoms with Gasteiger partial charge in [-0.25, -0.2) is 0 Å². The van der Waals surface area contributed by atoms with E-state index in [-0.39, 0.29) is 0 Å². The summed E-state index contributed by atoms with van der Waals surface area (Å²) in [7, 11) is 2.18. The topological polar surface area (TPSA) is 3.88 Å². The number of rotatable bonds is 1. The summed E-state index contributed by atoms with van der Waals surface area (Å²) < 4.78 is 2.35. The van der Waals surface area contributed by atoms with E-state index in [9.17, 15) is 0 Å². The van der Waals surface area contributed by atoms with Crippen molar-refractivity contribution in [3.8, 4) is 0 Å². The summed E-state index contributed by atoms with van der Waals surface area (Å²) in [4.78, 5) is 1.39. The normalized spacial score (nSPS) is 11.6. The Morgan fingerprint density at radius 3 is 2.47 bits per heavy atom. The molecule has 0 N–H and O–H groups in total. The van der Waals surface area contributed by atoms with Gasteiger partial charge >= 0.3 is 0 Å². The zero-order valence-corrected chi connectivity index (χ0v) is 10.9. The summed E-state index contributed by atoms with van der Waals surface area (Å²) >= 11 is 1.83. The summed E-state index contributed by atoms with van der Waals surface area (Å²) in [5.74, 6) is 0.584. The molecule has 0 bridgehead atoms. The van der Waals surface area contributed by atoms with E-state index in [0.717, 1.165) is 0 Å². The number of thiophene rings is 1. The summed E-state index contributed by atoms with van der Waals surface area (Å²) in [6.07, 6.45) is 0. The van der Waals surface area contributed by atoms with Crippen molar-refractivity contribution >= 4 is 21.6 Å². The van der Waals surface area contributed by atoms with Gasteiger partial charge in [0, 0.05) is 11.5 Å². The molecule has 80 valence electrons. The predicted octanol–water partition coefficient (Wildman–Crippen LogP) is 3.47. The minimum atomic E-state index is 0.584. The Morgan fingerprint density at radius 2 is 1.87 bits per heavy atom. The Bertz CT molecular complexity index is 509. The maximum Gasteiger partial charge on any atom is 0.269 e. The number of nitrogens with zero attached hydrogens (tertiary/aromatic N) is 1. The van der Waals surface area contributed by atoms with Gasteiger partial charge in [0.2, 0.25) is 0 Å². The Balaban J connectivity index is 2.92. The highest BCUT2D eigenvalue weighted by Gasteiger charge is 2.22. The van der Waals surface area contributed by atoms with Crippen LogP contribution in [0.3, 0.4) is 0 Å². The molecule has 0 atom stereocenters. The third-order valence-corrected chi connectivity index (χ3v) is 4.20. The Labute approximate surface area is 95.4 Å². The van der Waals surface area contributed by atoms with Crippen molar-refractivity contribution in [2.75, 3.05) is 0 Å². The van der Waals surface area contributed by atoms with Gasteiger partial charge in [0.05, 0.1) is 5.39 Å². The molecule has 15 heavy (non-hydrogen) atoms. The molecule has 0 aliphatic carbocycles. The van der Waals surface area contributed by atoms with Crippen LogP contribution < -0.4 is 4.57 Å². The minimum absolute atomic E-state index is 0.584. The van der Waals surface area contributed by atoms with Crippen LogP contribution in [0.15, 0.2) is 11.4 Å². The summed E-state index contributed by atoms with van der Waals surface area (Å²) in [5.41, 5.74) is 4.34. The van der Waals surface area contributed by atoms with Gasteiger partial charge in [0.15, 0.2) is 5.69 Å². The minimum Gasteiger partial charge on any atom is -0.189 e. The fraction of sp³-hybridized carbons (Fsp3) is 0.462. The quantitative estimate of drug-likeness (QED) is 0.648. The van der Waals surface area contributed by atoms with Crippen molar-refractivity contribution in [2.24, 2.45) is 7.05 Å². The Hall–Kier alpha value is -0.890. The molecule has 0 amide bonds. The molecule has 2 aromatic rings. The second-order valence-electron chi connectivity index (χ2n) is 4.49. The molecule has 0 saturated carbocycles. The second kappa shape index (κ2) is 3.60. The Kier molecular flexibility index (Phi) is 2.55. The van der Waals surface area contributed by atoms with E-state index in [1.807, 2.05) is 11.3 Å². The molecular formula is C13H18NS+. The van der Waals surface area contributed by atoms with Crippen LogP contribution in [0, 0.1) is 13.8 Å². The molecule has 0 aromatic carbocycles. The zero-order valence-electron chi connectivity index (χ0n) is 10.1. The number of aromatic nitrogens is 1. The van der Waals surface area contributed by atoms with E-state index in [4.69, 9.17) is 0 Å². The molecule has 2 heterocycles. The van der Waals surface area contributed by atoms with Crippen molar-refractivity contribution < 1.29 is 4.57 Å². The lowest BCUT2D eigenvalue weighted by Crippen LogP contribution is -2.36. The number of fused-ring (bicyclic) bond motifs is 1. The smallest absolute Gasteiger partial charge is 0.189 e. The van der Waals surface area contributed by atoms with Gasteiger partial charge in [-0.05, 0) is 30.9 Å². The SMILES string of the molecule is Cc1c(C)c2ccsc2[n+](C)c1C(C)C. The lowest BCUT2D eigenvalue weighted by Gasteiger charge is -2.10. The van der Waals surface area contributed by atoms with Crippen LogP contribution in [-0.4, -0.2) is 0 Å². The largest absolute Gasteiger partial charge is 0.269 e. The standard InChI is InChI=1S/C13H18NS/c1-8(2)12-10(4)9(3)11-6-7-15-13(11)14(12)5/h6-8H,1-5H3/q+1. The monoisotopic (exact) mass is 220 g/mol. The molecule has 2 rings (SSSR count). The molecule has 0 radical (unpaired) electrons. The molecule has 0 saturated heterocycles. The zero-order chi connectivity index (χ0) is 11.2. The van der Waals surface area contributed by atoms with Crippen molar-refractivity contribution in [3.63, 3.8) is 0 Å². The average Bonchev–Trinajstić information content (AvgIpc) is 2.62. The first kappa shape index (κ1) is 10.6. The fourth-order valence-corrected chi connectivity index (χ4v) is 3.36. The third kappa shape index (κ3) is 1.48. The lowest BCUT2D eigenvalue weighted by atomic mass is 9.99. The molecule has 2 aromatic heterocycles. The van der Waals surface area contributed by atoms with Crippen molar-refractivity contribution in [1.29, 1.82) is 0 Å². The fourth-order valence-electron chi connectivity index (χ4n) is 2.42. The Morgan fingerprint density at radius 1 is 1.20 bits per heavy atom. The van der Waals surface area contributed by atoms with E-state index in [2.05, 4.69) is 50.8 Å². The van der Waals surface area contributed by atoms with Gasteiger partial charge in [-0.15, -0.1) is 0 Å². The van der Waals surface area contributed by atoms with Gasteiger partial charge < -0.3 is 0 Å².